The van der Waals surface area contributed by atoms with Crippen LogP contribution in [0.25, 0.3) is 32.7 Å². The van der Waals surface area contributed by atoms with Gasteiger partial charge in [0.05, 0.1) is 45.9 Å². The number of aliphatic hydroxyl groups excluding tert-OH is 2. The van der Waals surface area contributed by atoms with Crippen LogP contribution in [0.15, 0.2) is 60.0 Å². The van der Waals surface area contributed by atoms with Crippen molar-refractivity contribution >= 4 is 44.0 Å². The molecular formula is C29H30ClN5O6S2. The standard InChI is InChI=1S/C29H30ClN5O6S2/c1-18-4-6-21(7-5-18)43(38,39)35-24(19-11-33-34(14-19)15-20(37)16-36)10-22-26(23(30)12-31-27(22)35)25-13-32-28(42-25)29(8-3-9-29)41-17-40-2/h4-7,10-14,20,36-37H,3,8-9,15-17H2,1-2H3. The Morgan fingerprint density at radius 1 is 1.16 bits per heavy atom. The number of nitrogens with zero attached hydrogens (tertiary/aromatic N) is 5. The number of benzene rings is 1. The zero-order valence-electron chi connectivity index (χ0n) is 23.5. The van der Waals surface area contributed by atoms with Gasteiger partial charge in [-0.05, 0) is 44.4 Å². The maximum Gasteiger partial charge on any atom is 0.269 e. The average Bonchev–Trinajstić information content (AvgIpc) is 3.72. The van der Waals surface area contributed by atoms with E-state index >= 15 is 0 Å². The van der Waals surface area contributed by atoms with Gasteiger partial charge in [0.25, 0.3) is 10.0 Å². The molecule has 4 aromatic heterocycles. The summed E-state index contributed by atoms with van der Waals surface area (Å²) in [6.07, 6.45) is 7.97. The summed E-state index contributed by atoms with van der Waals surface area (Å²) in [5.74, 6) is 0. The van der Waals surface area contributed by atoms with Crippen LogP contribution in [0.1, 0.15) is 29.8 Å². The van der Waals surface area contributed by atoms with Gasteiger partial charge >= 0.3 is 0 Å². The van der Waals surface area contributed by atoms with E-state index in [1.807, 2.05) is 6.92 Å². The van der Waals surface area contributed by atoms with E-state index in [-0.39, 0.29) is 23.9 Å². The van der Waals surface area contributed by atoms with Crippen molar-refractivity contribution in [3.05, 3.63) is 70.7 Å². The smallest absolute Gasteiger partial charge is 0.269 e. The van der Waals surface area contributed by atoms with Gasteiger partial charge in [0, 0.05) is 42.2 Å². The Morgan fingerprint density at radius 3 is 2.60 bits per heavy atom. The first kappa shape index (κ1) is 29.9. The number of thiazole rings is 1. The van der Waals surface area contributed by atoms with Crippen molar-refractivity contribution in [1.29, 1.82) is 0 Å². The summed E-state index contributed by atoms with van der Waals surface area (Å²) in [5, 5.41) is 25.2. The molecule has 1 saturated carbocycles. The normalized spacial score (nSPS) is 15.6. The third-order valence-electron chi connectivity index (χ3n) is 7.59. The van der Waals surface area contributed by atoms with Crippen molar-refractivity contribution < 1.29 is 28.1 Å². The average molecular weight is 644 g/mol. The van der Waals surface area contributed by atoms with Gasteiger partial charge in [-0.15, -0.1) is 11.3 Å². The number of aromatic nitrogens is 5. The number of hydrogen-bond acceptors (Lipinski definition) is 10. The van der Waals surface area contributed by atoms with Crippen molar-refractivity contribution in [2.75, 3.05) is 20.5 Å². The first-order chi connectivity index (χ1) is 20.7. The zero-order chi connectivity index (χ0) is 30.4. The molecule has 226 valence electrons. The largest absolute Gasteiger partial charge is 0.394 e. The number of pyridine rings is 1. The zero-order valence-corrected chi connectivity index (χ0v) is 25.9. The van der Waals surface area contributed by atoms with E-state index in [9.17, 15) is 18.6 Å². The molecular weight excluding hydrogens is 614 g/mol. The van der Waals surface area contributed by atoms with Crippen molar-refractivity contribution in [2.24, 2.45) is 0 Å². The van der Waals surface area contributed by atoms with Gasteiger partial charge in [0.1, 0.15) is 17.4 Å². The molecule has 1 aromatic carbocycles. The molecule has 0 spiro atoms. The summed E-state index contributed by atoms with van der Waals surface area (Å²) < 4.78 is 42.3. The van der Waals surface area contributed by atoms with Crippen LogP contribution < -0.4 is 0 Å². The van der Waals surface area contributed by atoms with Crippen LogP contribution in [0.2, 0.25) is 5.02 Å². The second-order valence-electron chi connectivity index (χ2n) is 10.5. The van der Waals surface area contributed by atoms with Crippen LogP contribution in [0.4, 0.5) is 0 Å². The first-order valence-electron chi connectivity index (χ1n) is 13.6. The molecule has 6 rings (SSSR count). The molecule has 0 radical (unpaired) electrons. The lowest BCUT2D eigenvalue weighted by Gasteiger charge is -2.39. The summed E-state index contributed by atoms with van der Waals surface area (Å²) >= 11 is 8.21. The first-order valence-corrected chi connectivity index (χ1v) is 16.2. The van der Waals surface area contributed by atoms with Crippen LogP contribution in [0.5, 0.6) is 0 Å². The highest BCUT2D eigenvalue weighted by atomic mass is 35.5. The second-order valence-corrected chi connectivity index (χ2v) is 13.8. The van der Waals surface area contributed by atoms with E-state index in [1.54, 1.807) is 49.8 Å². The SMILES string of the molecule is COCOC1(c2ncc(-c3c(Cl)cnc4c3cc(-c3cnn(CC(O)CO)c3)n4S(=O)(=O)c3ccc(C)cc3)s2)CCC1. The number of ether oxygens (including phenoxy) is 2. The van der Waals surface area contributed by atoms with E-state index in [2.05, 4.69) is 10.1 Å². The predicted molar refractivity (Wildman–Crippen MR) is 162 cm³/mol. The fraction of sp³-hybridized carbons (Fsp3) is 0.345. The maximum absolute atomic E-state index is 14.2. The molecule has 1 unspecified atom stereocenters. The van der Waals surface area contributed by atoms with Gasteiger partial charge in [-0.2, -0.15) is 5.10 Å². The Kier molecular flexibility index (Phi) is 8.15. The topological polar surface area (TPSA) is 142 Å². The van der Waals surface area contributed by atoms with Crippen LogP contribution in [0, 0.1) is 6.92 Å². The molecule has 2 N–H and O–H groups in total. The highest BCUT2D eigenvalue weighted by Gasteiger charge is 2.43. The number of methoxy groups -OCH3 is 1. The Morgan fingerprint density at radius 2 is 1.93 bits per heavy atom. The maximum atomic E-state index is 14.2. The molecule has 0 amide bonds. The Bertz CT molecular complexity index is 1880. The van der Waals surface area contributed by atoms with Gasteiger partial charge in [-0.3, -0.25) is 4.68 Å². The van der Waals surface area contributed by atoms with E-state index in [1.165, 1.54) is 32.4 Å². The molecule has 4 heterocycles. The Labute approximate surface area is 257 Å². The lowest BCUT2D eigenvalue weighted by atomic mass is 9.80. The summed E-state index contributed by atoms with van der Waals surface area (Å²) in [7, 11) is -2.55. The molecule has 43 heavy (non-hydrogen) atoms. The molecule has 5 aromatic rings. The van der Waals surface area contributed by atoms with Crippen LogP contribution >= 0.6 is 22.9 Å². The highest BCUT2D eigenvalue weighted by molar-refractivity contribution is 7.90. The van der Waals surface area contributed by atoms with E-state index in [0.29, 0.717) is 27.2 Å². The van der Waals surface area contributed by atoms with Crippen LogP contribution in [0.3, 0.4) is 0 Å². The molecule has 0 bridgehead atoms. The number of aliphatic hydroxyl groups is 2. The van der Waals surface area contributed by atoms with E-state index in [4.69, 9.17) is 26.1 Å². The monoisotopic (exact) mass is 643 g/mol. The summed E-state index contributed by atoms with van der Waals surface area (Å²) in [4.78, 5) is 10.0. The summed E-state index contributed by atoms with van der Waals surface area (Å²) in [6.45, 7) is 1.64. The van der Waals surface area contributed by atoms with Crippen molar-refractivity contribution in [3.8, 4) is 21.7 Å². The third kappa shape index (κ3) is 5.39. The van der Waals surface area contributed by atoms with E-state index < -0.39 is 28.3 Å². The molecule has 11 nitrogen and oxygen atoms in total. The number of hydrogen-bond donors (Lipinski definition) is 2. The van der Waals surface area contributed by atoms with Gasteiger partial charge < -0.3 is 19.7 Å². The van der Waals surface area contributed by atoms with Crippen LogP contribution in [-0.2, 0) is 31.6 Å². The summed E-state index contributed by atoms with van der Waals surface area (Å²) in [5.41, 5.74) is 2.01. The fourth-order valence-corrected chi connectivity index (χ4v) is 8.15. The van der Waals surface area contributed by atoms with Gasteiger partial charge in [-0.25, -0.2) is 22.4 Å². The number of halogens is 1. The molecule has 1 fully saturated rings. The molecule has 1 aliphatic rings. The molecule has 0 saturated heterocycles. The van der Waals surface area contributed by atoms with Crippen molar-refractivity contribution in [1.82, 2.24) is 23.7 Å². The van der Waals surface area contributed by atoms with E-state index in [0.717, 1.165) is 34.7 Å². The molecule has 0 aliphatic heterocycles. The van der Waals surface area contributed by atoms with Crippen LogP contribution in [-0.4, -0.2) is 69.0 Å². The molecule has 1 atom stereocenters. The minimum Gasteiger partial charge on any atom is -0.394 e. The highest BCUT2D eigenvalue weighted by Crippen LogP contribution is 2.49. The van der Waals surface area contributed by atoms with Gasteiger partial charge in [-0.1, -0.05) is 29.3 Å². The number of rotatable bonds is 11. The Balaban J connectivity index is 1.54. The van der Waals surface area contributed by atoms with Crippen molar-refractivity contribution in [3.63, 3.8) is 0 Å². The molecule has 1 aliphatic carbocycles. The lowest BCUT2D eigenvalue weighted by molar-refractivity contribution is -0.171. The van der Waals surface area contributed by atoms with Gasteiger partial charge in [0.2, 0.25) is 0 Å². The predicted octanol–water partition coefficient (Wildman–Crippen LogP) is 4.58. The second kappa shape index (κ2) is 11.7. The number of aryl methyl sites for hydroxylation is 1. The summed E-state index contributed by atoms with van der Waals surface area (Å²) in [6, 6.07) is 8.34. The van der Waals surface area contributed by atoms with Crippen molar-refractivity contribution in [2.45, 2.75) is 49.3 Å². The van der Waals surface area contributed by atoms with Gasteiger partial charge in [0.15, 0.2) is 5.65 Å². The molecule has 14 heteroatoms. The number of fused-ring (bicyclic) bond motifs is 1. The minimum atomic E-state index is -4.13. The quantitative estimate of drug-likeness (QED) is 0.198. The lowest BCUT2D eigenvalue weighted by Crippen LogP contribution is -2.37. The minimum absolute atomic E-state index is 0.0350. The fourth-order valence-electron chi connectivity index (χ4n) is 5.17. The third-order valence-corrected chi connectivity index (χ3v) is 10.8. The Hall–Kier alpha value is -3.17.